The average Bonchev–Trinajstić information content (AvgIpc) is 2.74. The van der Waals surface area contributed by atoms with Gasteiger partial charge < -0.3 is 15.1 Å². The van der Waals surface area contributed by atoms with Crippen LogP contribution in [0.3, 0.4) is 0 Å². The number of hydrogen-bond acceptors (Lipinski definition) is 4. The van der Waals surface area contributed by atoms with E-state index in [4.69, 9.17) is 0 Å². The Kier molecular flexibility index (Phi) is 5.39. The third kappa shape index (κ3) is 3.64. The molecule has 1 aromatic carbocycles. The van der Waals surface area contributed by atoms with Crippen molar-refractivity contribution >= 4 is 11.8 Å². The number of rotatable bonds is 3. The van der Waals surface area contributed by atoms with Gasteiger partial charge >= 0.3 is 0 Å². The molecule has 0 saturated carbocycles. The Balaban J connectivity index is 1.59. The Labute approximate surface area is 165 Å². The van der Waals surface area contributed by atoms with E-state index in [0.717, 1.165) is 30.6 Å². The lowest BCUT2D eigenvalue weighted by Gasteiger charge is -2.40. The number of carbonyl (C=O) groups is 2. The highest BCUT2D eigenvalue weighted by Gasteiger charge is 2.34. The number of nitrogens with one attached hydrogen (secondary N) is 1. The average molecular weight is 378 g/mol. The first-order chi connectivity index (χ1) is 13.6. The van der Waals surface area contributed by atoms with E-state index in [2.05, 4.69) is 22.4 Å². The molecular weight excluding hydrogens is 352 g/mol. The van der Waals surface area contributed by atoms with Gasteiger partial charge in [0.1, 0.15) is 0 Å². The van der Waals surface area contributed by atoms with Crippen molar-refractivity contribution in [3.05, 3.63) is 65.5 Å². The Morgan fingerprint density at radius 1 is 1.14 bits per heavy atom. The van der Waals surface area contributed by atoms with Crippen LogP contribution in [0, 0.1) is 0 Å². The van der Waals surface area contributed by atoms with Crippen molar-refractivity contribution < 1.29 is 9.59 Å². The number of piperazine rings is 1. The van der Waals surface area contributed by atoms with Crippen LogP contribution in [0.15, 0.2) is 48.8 Å². The summed E-state index contributed by atoms with van der Waals surface area (Å²) in [7, 11) is 0. The van der Waals surface area contributed by atoms with Crippen LogP contribution in [0.5, 0.6) is 0 Å². The Morgan fingerprint density at radius 2 is 2.00 bits per heavy atom. The van der Waals surface area contributed by atoms with Crippen LogP contribution in [0.25, 0.3) is 0 Å². The van der Waals surface area contributed by atoms with Gasteiger partial charge in [-0.1, -0.05) is 30.3 Å². The number of benzene rings is 1. The molecule has 3 heterocycles. The van der Waals surface area contributed by atoms with E-state index in [-0.39, 0.29) is 23.9 Å². The molecular formula is C22H26N4O2. The Morgan fingerprint density at radius 3 is 2.79 bits per heavy atom. The summed E-state index contributed by atoms with van der Waals surface area (Å²) in [5, 5.41) is 3.38. The predicted molar refractivity (Wildman–Crippen MR) is 106 cm³/mol. The molecule has 1 N–H and O–H groups in total. The largest absolute Gasteiger partial charge is 0.335 e. The summed E-state index contributed by atoms with van der Waals surface area (Å²) in [6.07, 6.45) is 4.73. The minimum absolute atomic E-state index is 0.0245. The molecule has 28 heavy (non-hydrogen) atoms. The molecule has 2 aliphatic rings. The van der Waals surface area contributed by atoms with Crippen LogP contribution < -0.4 is 5.32 Å². The lowest BCUT2D eigenvalue weighted by molar-refractivity contribution is -0.138. The fourth-order valence-electron chi connectivity index (χ4n) is 4.40. The number of fused-ring (bicyclic) bond motifs is 1. The molecule has 0 radical (unpaired) electrons. The van der Waals surface area contributed by atoms with Crippen molar-refractivity contribution in [3.8, 4) is 0 Å². The summed E-state index contributed by atoms with van der Waals surface area (Å²) in [6, 6.07) is 11.9. The number of nitrogens with zero attached hydrogens (tertiary/aromatic N) is 3. The number of carbonyl (C=O) groups excluding carboxylic acids is 2. The first-order valence-electron chi connectivity index (χ1n) is 9.90. The minimum atomic E-state index is -0.195. The third-order valence-electron chi connectivity index (χ3n) is 5.82. The first kappa shape index (κ1) is 18.6. The van der Waals surface area contributed by atoms with Crippen LogP contribution in [0.4, 0.5) is 0 Å². The summed E-state index contributed by atoms with van der Waals surface area (Å²) in [6.45, 7) is 4.41. The summed E-state index contributed by atoms with van der Waals surface area (Å²) in [5.74, 6) is 0.111. The van der Waals surface area contributed by atoms with E-state index < -0.39 is 0 Å². The summed E-state index contributed by atoms with van der Waals surface area (Å²) < 4.78 is 0. The molecule has 1 saturated heterocycles. The molecule has 0 aliphatic carbocycles. The number of amides is 2. The Bertz CT molecular complexity index is 855. The maximum Gasteiger partial charge on any atom is 0.225 e. The molecule has 2 unspecified atom stereocenters. The van der Waals surface area contributed by atoms with Crippen LogP contribution in [0.1, 0.15) is 42.1 Å². The fraction of sp³-hybridized carbons (Fsp3) is 0.409. The maximum atomic E-state index is 13.4. The molecule has 0 bridgehead atoms. The maximum absolute atomic E-state index is 13.4. The second kappa shape index (κ2) is 8.10. The molecule has 4 rings (SSSR count). The second-order valence-electron chi connectivity index (χ2n) is 7.47. The van der Waals surface area contributed by atoms with Crippen molar-refractivity contribution in [2.45, 2.75) is 31.8 Å². The summed E-state index contributed by atoms with van der Waals surface area (Å²) in [4.78, 5) is 33.6. The molecule has 2 amide bonds. The van der Waals surface area contributed by atoms with Crippen molar-refractivity contribution in [1.29, 1.82) is 0 Å². The zero-order valence-electron chi connectivity index (χ0n) is 16.2. The lowest BCUT2D eigenvalue weighted by atomic mass is 9.90. The van der Waals surface area contributed by atoms with E-state index in [0.29, 0.717) is 19.5 Å². The van der Waals surface area contributed by atoms with E-state index in [1.807, 2.05) is 40.3 Å². The van der Waals surface area contributed by atoms with Gasteiger partial charge in [0, 0.05) is 45.5 Å². The molecule has 1 aromatic heterocycles. The highest BCUT2D eigenvalue weighted by Crippen LogP contribution is 2.34. The quantitative estimate of drug-likeness (QED) is 0.888. The molecule has 0 spiro atoms. The smallest absolute Gasteiger partial charge is 0.225 e. The number of pyridine rings is 1. The highest BCUT2D eigenvalue weighted by atomic mass is 16.2. The SMILES string of the molecule is CC(=O)N1CCc2ccccc2C1CC(=O)N1CCNCC1c1cccnc1. The first-order valence-corrected chi connectivity index (χ1v) is 9.90. The van der Waals surface area contributed by atoms with Gasteiger partial charge in [0.05, 0.1) is 18.5 Å². The van der Waals surface area contributed by atoms with Crippen molar-refractivity contribution in [2.75, 3.05) is 26.2 Å². The number of aromatic nitrogens is 1. The normalized spacial score (nSPS) is 21.9. The fourth-order valence-corrected chi connectivity index (χ4v) is 4.40. The molecule has 6 heteroatoms. The van der Waals surface area contributed by atoms with Crippen LogP contribution >= 0.6 is 0 Å². The van der Waals surface area contributed by atoms with Gasteiger partial charge in [0.2, 0.25) is 11.8 Å². The highest BCUT2D eigenvalue weighted by molar-refractivity contribution is 5.80. The molecule has 146 valence electrons. The topological polar surface area (TPSA) is 65.5 Å². The standard InChI is InChI=1S/C22H26N4O2/c1-16(27)25-11-8-17-5-2-3-7-19(17)20(25)13-22(28)26-12-10-24-15-21(26)18-6-4-9-23-14-18/h2-7,9,14,20-21,24H,8,10-13,15H2,1H3. The van der Waals surface area contributed by atoms with Crippen molar-refractivity contribution in [2.24, 2.45) is 0 Å². The molecule has 2 aliphatic heterocycles. The van der Waals surface area contributed by atoms with E-state index in [1.54, 1.807) is 13.1 Å². The predicted octanol–water partition coefficient (Wildman–Crippen LogP) is 2.09. The third-order valence-corrected chi connectivity index (χ3v) is 5.82. The van der Waals surface area contributed by atoms with Crippen molar-refractivity contribution in [1.82, 2.24) is 20.1 Å². The van der Waals surface area contributed by atoms with E-state index >= 15 is 0 Å². The van der Waals surface area contributed by atoms with Gasteiger partial charge in [-0.3, -0.25) is 14.6 Å². The lowest BCUT2D eigenvalue weighted by Crippen LogP contribution is -2.50. The zero-order valence-corrected chi connectivity index (χ0v) is 16.2. The number of hydrogen-bond donors (Lipinski definition) is 1. The minimum Gasteiger partial charge on any atom is -0.335 e. The van der Waals surface area contributed by atoms with Crippen LogP contribution in [0.2, 0.25) is 0 Å². The molecule has 6 nitrogen and oxygen atoms in total. The van der Waals surface area contributed by atoms with Gasteiger partial charge in [0.15, 0.2) is 0 Å². The van der Waals surface area contributed by atoms with Crippen molar-refractivity contribution in [3.63, 3.8) is 0 Å². The van der Waals surface area contributed by atoms with E-state index in [1.165, 1.54) is 5.56 Å². The molecule has 1 fully saturated rings. The molecule has 2 aromatic rings. The van der Waals surface area contributed by atoms with Gasteiger partial charge in [-0.2, -0.15) is 0 Å². The van der Waals surface area contributed by atoms with Crippen LogP contribution in [-0.4, -0.2) is 52.8 Å². The Hall–Kier alpha value is -2.73. The van der Waals surface area contributed by atoms with Gasteiger partial charge in [-0.05, 0) is 29.2 Å². The molecule has 2 atom stereocenters. The van der Waals surface area contributed by atoms with E-state index in [9.17, 15) is 9.59 Å². The van der Waals surface area contributed by atoms with Gasteiger partial charge in [-0.25, -0.2) is 0 Å². The monoisotopic (exact) mass is 378 g/mol. The van der Waals surface area contributed by atoms with Gasteiger partial charge in [0.25, 0.3) is 0 Å². The zero-order chi connectivity index (χ0) is 19.5. The summed E-state index contributed by atoms with van der Waals surface area (Å²) in [5.41, 5.74) is 3.38. The summed E-state index contributed by atoms with van der Waals surface area (Å²) >= 11 is 0. The van der Waals surface area contributed by atoms with Gasteiger partial charge in [-0.15, -0.1) is 0 Å². The van der Waals surface area contributed by atoms with Crippen LogP contribution in [-0.2, 0) is 16.0 Å². The second-order valence-corrected chi connectivity index (χ2v) is 7.47.